The van der Waals surface area contributed by atoms with Gasteiger partial charge in [0.1, 0.15) is 0 Å². The van der Waals surface area contributed by atoms with Crippen molar-refractivity contribution >= 4 is 38.7 Å². The largest absolute Gasteiger partial charge is 0.378 e. The van der Waals surface area contributed by atoms with Crippen molar-refractivity contribution in [1.29, 1.82) is 0 Å². The molecule has 4 aromatic rings. The summed E-state index contributed by atoms with van der Waals surface area (Å²) in [6, 6.07) is 12.2. The lowest BCUT2D eigenvalue weighted by atomic mass is 9.85. The molecule has 0 amide bonds. The van der Waals surface area contributed by atoms with Gasteiger partial charge in [0.2, 0.25) is 0 Å². The molecule has 0 fully saturated rings. The van der Waals surface area contributed by atoms with Gasteiger partial charge in [-0.2, -0.15) is 5.10 Å². The first-order chi connectivity index (χ1) is 14.2. The van der Waals surface area contributed by atoms with Crippen LogP contribution in [0.4, 0.5) is 0 Å². The minimum absolute atomic E-state index is 0.132. The lowest BCUT2D eigenvalue weighted by molar-refractivity contribution is 0.0962. The summed E-state index contributed by atoms with van der Waals surface area (Å²) in [5.41, 5.74) is 5.18. The number of hydrogen-bond acceptors (Lipinski definition) is 5. The van der Waals surface area contributed by atoms with E-state index in [9.17, 15) is 4.79 Å². The number of ether oxygens (including phenoxy) is 1. The van der Waals surface area contributed by atoms with Gasteiger partial charge >= 0.3 is 0 Å². The molecule has 3 aromatic heterocycles. The lowest BCUT2D eigenvalue weighted by Crippen LogP contribution is -2.22. The van der Waals surface area contributed by atoms with Crippen molar-refractivity contribution in [3.8, 4) is 11.1 Å². The summed E-state index contributed by atoms with van der Waals surface area (Å²) >= 11 is 5.20. The Bertz CT molecular complexity index is 1200. The molecule has 3 heterocycles. The number of Topliss-reactive ketones (excluding diaryl/α,β-unsaturated/α-hetero) is 1. The highest BCUT2D eigenvalue weighted by Crippen LogP contribution is 2.37. The Labute approximate surface area is 180 Å². The molecule has 1 aromatic carbocycles. The minimum atomic E-state index is 0.132. The summed E-state index contributed by atoms with van der Waals surface area (Å²) in [5.74, 6) is 0.319. The van der Waals surface area contributed by atoms with Crippen molar-refractivity contribution in [2.75, 3.05) is 7.11 Å². The summed E-state index contributed by atoms with van der Waals surface area (Å²) in [7, 11) is 1.66. The fourth-order valence-corrected chi connectivity index (χ4v) is 5.11. The van der Waals surface area contributed by atoms with E-state index in [1.807, 2.05) is 34.8 Å². The number of benzene rings is 1. The normalized spacial score (nSPS) is 16.3. The molecule has 5 nitrogen and oxygen atoms in total. The fourth-order valence-electron chi connectivity index (χ4n) is 4.02. The number of thiophene rings is 1. The molecule has 0 N–H and O–H groups in total. The third-order valence-corrected chi connectivity index (χ3v) is 6.91. The molecule has 1 aliphatic carbocycles. The van der Waals surface area contributed by atoms with Gasteiger partial charge in [0, 0.05) is 35.0 Å². The Kier molecular flexibility index (Phi) is 4.81. The van der Waals surface area contributed by atoms with Crippen LogP contribution in [-0.2, 0) is 17.8 Å². The minimum Gasteiger partial charge on any atom is -0.378 e. The molecule has 0 unspecified atom stereocenters. The third kappa shape index (κ3) is 3.23. The zero-order valence-electron chi connectivity index (χ0n) is 15.8. The van der Waals surface area contributed by atoms with E-state index in [4.69, 9.17) is 9.84 Å². The van der Waals surface area contributed by atoms with Crippen molar-refractivity contribution in [2.45, 2.75) is 25.4 Å². The average molecular weight is 468 g/mol. The van der Waals surface area contributed by atoms with Crippen LogP contribution < -0.4 is 0 Å². The number of methoxy groups -OCH3 is 1. The van der Waals surface area contributed by atoms with Gasteiger partial charge in [0.05, 0.1) is 29.1 Å². The molecule has 1 aliphatic rings. The molecular formula is C22H18BrN3O2S. The number of rotatable bonds is 4. The predicted molar refractivity (Wildman–Crippen MR) is 117 cm³/mol. The molecule has 5 rings (SSSR count). The van der Waals surface area contributed by atoms with Gasteiger partial charge in [-0.3, -0.25) is 4.79 Å². The highest BCUT2D eigenvalue weighted by Gasteiger charge is 2.31. The molecule has 0 radical (unpaired) electrons. The van der Waals surface area contributed by atoms with E-state index in [1.165, 1.54) is 4.88 Å². The van der Waals surface area contributed by atoms with Crippen molar-refractivity contribution in [3.63, 3.8) is 0 Å². The van der Waals surface area contributed by atoms with E-state index >= 15 is 0 Å². The highest BCUT2D eigenvalue weighted by atomic mass is 79.9. The van der Waals surface area contributed by atoms with Crippen LogP contribution in [0.3, 0.4) is 0 Å². The Morgan fingerprint density at radius 2 is 2.07 bits per heavy atom. The van der Waals surface area contributed by atoms with Crippen molar-refractivity contribution in [2.24, 2.45) is 0 Å². The monoisotopic (exact) mass is 467 g/mol. The quantitative estimate of drug-likeness (QED) is 0.409. The maximum Gasteiger partial charge on any atom is 0.166 e. The molecule has 146 valence electrons. The van der Waals surface area contributed by atoms with Gasteiger partial charge in [-0.05, 0) is 35.6 Å². The molecule has 0 spiro atoms. The molecule has 1 atom stereocenters. The average Bonchev–Trinajstić information content (AvgIpc) is 3.37. The topological polar surface area (TPSA) is 56.5 Å². The molecule has 0 saturated carbocycles. The van der Waals surface area contributed by atoms with Crippen LogP contribution in [0.2, 0.25) is 0 Å². The zero-order valence-corrected chi connectivity index (χ0v) is 18.2. The summed E-state index contributed by atoms with van der Waals surface area (Å²) < 4.78 is 8.28. The van der Waals surface area contributed by atoms with Gasteiger partial charge in [0.25, 0.3) is 0 Å². The predicted octanol–water partition coefficient (Wildman–Crippen LogP) is 5.28. The summed E-state index contributed by atoms with van der Waals surface area (Å²) in [4.78, 5) is 18.7. The highest BCUT2D eigenvalue weighted by molar-refractivity contribution is 9.10. The molecule has 29 heavy (non-hydrogen) atoms. The standard InChI is InChI=1S/C22H18BrN3O2S/c1-28-12-17-21(13-4-6-15(23)7-5-13)22-24-11-16-18(26(22)25-17)9-14(10-19(16)27)20-3-2-8-29-20/h2-8,11,14H,9-10,12H2,1H3/t14-/m0/s1. The summed E-state index contributed by atoms with van der Waals surface area (Å²) in [6.45, 7) is 0.381. The first-order valence-electron chi connectivity index (χ1n) is 9.36. The van der Waals surface area contributed by atoms with Crippen LogP contribution in [-0.4, -0.2) is 27.5 Å². The van der Waals surface area contributed by atoms with E-state index in [0.29, 0.717) is 18.6 Å². The number of hydrogen-bond donors (Lipinski definition) is 0. The Morgan fingerprint density at radius 3 is 2.79 bits per heavy atom. The van der Waals surface area contributed by atoms with E-state index in [2.05, 4.69) is 32.4 Å². The van der Waals surface area contributed by atoms with E-state index in [-0.39, 0.29) is 11.7 Å². The smallest absolute Gasteiger partial charge is 0.166 e. The second-order valence-electron chi connectivity index (χ2n) is 7.16. The fraction of sp³-hybridized carbons (Fsp3) is 0.227. The van der Waals surface area contributed by atoms with Crippen molar-refractivity contribution in [1.82, 2.24) is 14.6 Å². The maximum absolute atomic E-state index is 12.9. The number of carbonyl (C=O) groups excluding carboxylic acids is 1. The number of aromatic nitrogens is 3. The van der Waals surface area contributed by atoms with Crippen LogP contribution in [0, 0.1) is 0 Å². The number of nitrogens with zero attached hydrogens (tertiary/aromatic N) is 3. The third-order valence-electron chi connectivity index (χ3n) is 5.35. The van der Waals surface area contributed by atoms with Crippen molar-refractivity contribution in [3.05, 3.63) is 74.3 Å². The first kappa shape index (κ1) is 18.7. The molecule has 0 aliphatic heterocycles. The van der Waals surface area contributed by atoms with Crippen LogP contribution in [0.15, 0.2) is 52.4 Å². The van der Waals surface area contributed by atoms with Gasteiger partial charge in [-0.1, -0.05) is 34.1 Å². The number of carbonyl (C=O) groups is 1. The van der Waals surface area contributed by atoms with Crippen LogP contribution >= 0.6 is 27.3 Å². The van der Waals surface area contributed by atoms with Crippen molar-refractivity contribution < 1.29 is 9.53 Å². The molecule has 7 heteroatoms. The second kappa shape index (κ2) is 7.48. The maximum atomic E-state index is 12.9. The van der Waals surface area contributed by atoms with Gasteiger partial charge in [0.15, 0.2) is 11.4 Å². The molecular weight excluding hydrogens is 450 g/mol. The van der Waals surface area contributed by atoms with Gasteiger partial charge in [-0.15, -0.1) is 11.3 Å². The molecule has 0 bridgehead atoms. The number of halogens is 1. The Morgan fingerprint density at radius 1 is 1.24 bits per heavy atom. The van der Waals surface area contributed by atoms with Gasteiger partial charge in [-0.25, -0.2) is 9.50 Å². The number of ketones is 1. The summed E-state index contributed by atoms with van der Waals surface area (Å²) in [5, 5.41) is 6.90. The SMILES string of the molecule is COCc1nn2c3c(cnc2c1-c1ccc(Br)cc1)C(=O)C[C@@H](c1cccs1)C3. The van der Waals surface area contributed by atoms with Crippen LogP contribution in [0.25, 0.3) is 16.8 Å². The lowest BCUT2D eigenvalue weighted by Gasteiger charge is -2.23. The van der Waals surface area contributed by atoms with E-state index < -0.39 is 0 Å². The first-order valence-corrected chi connectivity index (χ1v) is 11.0. The molecule has 0 saturated heterocycles. The zero-order chi connectivity index (χ0) is 20.0. The van der Waals surface area contributed by atoms with E-state index in [1.54, 1.807) is 24.6 Å². The van der Waals surface area contributed by atoms with Crippen LogP contribution in [0.5, 0.6) is 0 Å². The van der Waals surface area contributed by atoms with Gasteiger partial charge < -0.3 is 4.74 Å². The number of fused-ring (bicyclic) bond motifs is 3. The summed E-state index contributed by atoms with van der Waals surface area (Å²) in [6.07, 6.45) is 3.01. The van der Waals surface area contributed by atoms with Crippen LogP contribution in [0.1, 0.15) is 39.0 Å². The second-order valence-corrected chi connectivity index (χ2v) is 9.05. The van der Waals surface area contributed by atoms with E-state index in [0.717, 1.165) is 39.1 Å². The Hall–Kier alpha value is -2.35. The Balaban J connectivity index is 1.70.